The molecule has 0 atom stereocenters. The standard InChI is InChI=1S/C18H18ClN3O3S/c1-22(12-18(23)21-11-15-6-8-17(19)9-7-15)26(24,25)13-16-4-2-14(10-20)3-5-16/h2-9H,11-13H2,1H3,(H,21,23). The van der Waals surface area contributed by atoms with E-state index in [0.29, 0.717) is 22.7 Å². The minimum Gasteiger partial charge on any atom is -0.351 e. The van der Waals surface area contributed by atoms with Crippen LogP contribution in [0.15, 0.2) is 48.5 Å². The van der Waals surface area contributed by atoms with Crippen molar-refractivity contribution in [2.75, 3.05) is 13.6 Å². The van der Waals surface area contributed by atoms with Crippen LogP contribution in [0.5, 0.6) is 0 Å². The average molecular weight is 392 g/mol. The summed E-state index contributed by atoms with van der Waals surface area (Å²) in [7, 11) is -2.28. The molecule has 0 aliphatic heterocycles. The molecule has 0 saturated carbocycles. The third kappa shape index (κ3) is 5.85. The van der Waals surface area contributed by atoms with Gasteiger partial charge < -0.3 is 5.32 Å². The number of hydrogen-bond donors (Lipinski definition) is 1. The minimum absolute atomic E-state index is 0.236. The summed E-state index contributed by atoms with van der Waals surface area (Å²) in [6.07, 6.45) is 0. The Kier molecular flexibility index (Phi) is 6.75. The number of carbonyl (C=O) groups is 1. The highest BCUT2D eigenvalue weighted by Gasteiger charge is 2.21. The van der Waals surface area contributed by atoms with E-state index >= 15 is 0 Å². The van der Waals surface area contributed by atoms with Crippen molar-refractivity contribution in [2.45, 2.75) is 12.3 Å². The molecular weight excluding hydrogens is 374 g/mol. The van der Waals surface area contributed by atoms with Gasteiger partial charge in [-0.15, -0.1) is 0 Å². The predicted octanol–water partition coefficient (Wildman–Crippen LogP) is 2.29. The highest BCUT2D eigenvalue weighted by molar-refractivity contribution is 7.88. The number of nitrogens with zero attached hydrogens (tertiary/aromatic N) is 2. The van der Waals surface area contributed by atoms with Crippen LogP contribution in [-0.2, 0) is 27.1 Å². The number of likely N-dealkylation sites (N-methyl/N-ethyl adjacent to an activating group) is 1. The van der Waals surface area contributed by atoms with Gasteiger partial charge in [-0.1, -0.05) is 35.9 Å². The quantitative estimate of drug-likeness (QED) is 0.784. The molecule has 0 aliphatic rings. The van der Waals surface area contributed by atoms with Crippen LogP contribution in [0.2, 0.25) is 5.02 Å². The van der Waals surface area contributed by atoms with Gasteiger partial charge in [-0.25, -0.2) is 8.42 Å². The zero-order valence-corrected chi connectivity index (χ0v) is 15.7. The number of halogens is 1. The SMILES string of the molecule is CN(CC(=O)NCc1ccc(Cl)cc1)S(=O)(=O)Cc1ccc(C#N)cc1. The number of amides is 1. The van der Waals surface area contributed by atoms with Crippen molar-refractivity contribution in [3.05, 3.63) is 70.2 Å². The Morgan fingerprint density at radius 1 is 1.12 bits per heavy atom. The lowest BCUT2D eigenvalue weighted by atomic mass is 10.2. The first-order valence-electron chi connectivity index (χ1n) is 7.74. The van der Waals surface area contributed by atoms with Gasteiger partial charge in [0.2, 0.25) is 15.9 Å². The number of benzene rings is 2. The van der Waals surface area contributed by atoms with E-state index in [2.05, 4.69) is 5.32 Å². The van der Waals surface area contributed by atoms with Crippen LogP contribution < -0.4 is 5.32 Å². The molecule has 0 saturated heterocycles. The van der Waals surface area contributed by atoms with E-state index in [-0.39, 0.29) is 12.3 Å². The molecule has 2 aromatic rings. The van der Waals surface area contributed by atoms with Gasteiger partial charge in [-0.05, 0) is 35.4 Å². The molecule has 0 heterocycles. The molecule has 0 aliphatic carbocycles. The van der Waals surface area contributed by atoms with Crippen molar-refractivity contribution in [1.82, 2.24) is 9.62 Å². The molecule has 0 aromatic heterocycles. The summed E-state index contributed by atoms with van der Waals surface area (Å²) in [6, 6.07) is 15.3. The summed E-state index contributed by atoms with van der Waals surface area (Å²) in [6.45, 7) is 0.0196. The van der Waals surface area contributed by atoms with E-state index in [1.54, 1.807) is 48.5 Å². The number of nitrogens with one attached hydrogen (secondary N) is 1. The highest BCUT2D eigenvalue weighted by Crippen LogP contribution is 2.11. The maximum absolute atomic E-state index is 12.4. The lowest BCUT2D eigenvalue weighted by molar-refractivity contribution is -0.121. The fraction of sp³-hybridized carbons (Fsp3) is 0.222. The van der Waals surface area contributed by atoms with Crippen LogP contribution in [-0.4, -0.2) is 32.2 Å². The van der Waals surface area contributed by atoms with Crippen molar-refractivity contribution in [1.29, 1.82) is 5.26 Å². The summed E-state index contributed by atoms with van der Waals surface area (Å²) in [5.74, 6) is -0.634. The van der Waals surface area contributed by atoms with Gasteiger partial charge in [-0.3, -0.25) is 4.79 Å². The van der Waals surface area contributed by atoms with Crippen LogP contribution in [0.1, 0.15) is 16.7 Å². The summed E-state index contributed by atoms with van der Waals surface area (Å²) in [4.78, 5) is 12.0. The third-order valence-electron chi connectivity index (χ3n) is 3.68. The van der Waals surface area contributed by atoms with Gasteiger partial charge in [0.05, 0.1) is 23.9 Å². The Morgan fingerprint density at radius 2 is 1.69 bits per heavy atom. The Hall–Kier alpha value is -2.40. The second kappa shape index (κ2) is 8.81. The van der Waals surface area contributed by atoms with Gasteiger partial charge in [0.15, 0.2) is 0 Å². The second-order valence-corrected chi connectivity index (χ2v) is 8.24. The van der Waals surface area contributed by atoms with Crippen molar-refractivity contribution in [3.63, 3.8) is 0 Å². The molecule has 0 radical (unpaired) electrons. The summed E-state index contributed by atoms with van der Waals surface area (Å²) >= 11 is 5.80. The topological polar surface area (TPSA) is 90.3 Å². The van der Waals surface area contributed by atoms with Crippen molar-refractivity contribution < 1.29 is 13.2 Å². The molecule has 0 spiro atoms. The molecule has 136 valence electrons. The summed E-state index contributed by atoms with van der Waals surface area (Å²) in [5, 5.41) is 12.0. The van der Waals surface area contributed by atoms with E-state index in [9.17, 15) is 13.2 Å². The van der Waals surface area contributed by atoms with E-state index < -0.39 is 15.9 Å². The molecular formula is C18H18ClN3O3S. The van der Waals surface area contributed by atoms with Gasteiger partial charge in [0, 0.05) is 18.6 Å². The van der Waals surface area contributed by atoms with Crippen LogP contribution >= 0.6 is 11.6 Å². The molecule has 2 rings (SSSR count). The Balaban J connectivity index is 1.89. The Morgan fingerprint density at radius 3 is 2.27 bits per heavy atom. The zero-order valence-electron chi connectivity index (χ0n) is 14.1. The zero-order chi connectivity index (χ0) is 19.2. The van der Waals surface area contributed by atoms with E-state index in [1.807, 2.05) is 6.07 Å². The number of hydrogen-bond acceptors (Lipinski definition) is 4. The van der Waals surface area contributed by atoms with Crippen LogP contribution in [0, 0.1) is 11.3 Å². The van der Waals surface area contributed by atoms with Crippen LogP contribution in [0.3, 0.4) is 0 Å². The van der Waals surface area contributed by atoms with E-state index in [4.69, 9.17) is 16.9 Å². The fourth-order valence-corrected chi connectivity index (χ4v) is 3.43. The summed E-state index contributed by atoms with van der Waals surface area (Å²) < 4.78 is 25.8. The first-order valence-corrected chi connectivity index (χ1v) is 9.73. The van der Waals surface area contributed by atoms with Crippen LogP contribution in [0.4, 0.5) is 0 Å². The first-order chi connectivity index (χ1) is 12.3. The first kappa shape index (κ1) is 19.9. The molecule has 1 N–H and O–H groups in total. The van der Waals surface area contributed by atoms with Gasteiger partial charge in [0.1, 0.15) is 0 Å². The number of sulfonamides is 1. The molecule has 0 fully saturated rings. The van der Waals surface area contributed by atoms with E-state index in [1.165, 1.54) is 7.05 Å². The molecule has 0 unspecified atom stereocenters. The maximum atomic E-state index is 12.4. The molecule has 6 nitrogen and oxygen atoms in total. The van der Waals surface area contributed by atoms with Crippen molar-refractivity contribution in [2.24, 2.45) is 0 Å². The van der Waals surface area contributed by atoms with Crippen LogP contribution in [0.25, 0.3) is 0 Å². The smallest absolute Gasteiger partial charge is 0.235 e. The second-order valence-electron chi connectivity index (χ2n) is 5.72. The summed E-state index contributed by atoms with van der Waals surface area (Å²) in [5.41, 5.74) is 1.88. The normalized spacial score (nSPS) is 11.2. The number of carbonyl (C=O) groups excluding carboxylic acids is 1. The lowest BCUT2D eigenvalue weighted by Gasteiger charge is -2.17. The van der Waals surface area contributed by atoms with Crippen molar-refractivity contribution >= 4 is 27.5 Å². The van der Waals surface area contributed by atoms with Gasteiger partial charge in [0.25, 0.3) is 0 Å². The number of nitriles is 1. The Bertz CT molecular complexity index is 904. The third-order valence-corrected chi connectivity index (χ3v) is 5.71. The lowest BCUT2D eigenvalue weighted by Crippen LogP contribution is -2.38. The van der Waals surface area contributed by atoms with E-state index in [0.717, 1.165) is 9.87 Å². The molecule has 0 bridgehead atoms. The molecule has 26 heavy (non-hydrogen) atoms. The molecule has 8 heteroatoms. The Labute approximate surface area is 158 Å². The molecule has 1 amide bonds. The largest absolute Gasteiger partial charge is 0.351 e. The number of rotatable bonds is 7. The fourth-order valence-electron chi connectivity index (χ4n) is 2.16. The molecule has 2 aromatic carbocycles. The average Bonchev–Trinajstić information content (AvgIpc) is 2.61. The minimum atomic E-state index is -3.64. The highest BCUT2D eigenvalue weighted by atomic mass is 35.5. The monoisotopic (exact) mass is 391 g/mol. The maximum Gasteiger partial charge on any atom is 0.235 e. The van der Waals surface area contributed by atoms with Gasteiger partial charge >= 0.3 is 0 Å². The van der Waals surface area contributed by atoms with Crippen molar-refractivity contribution in [3.8, 4) is 6.07 Å². The van der Waals surface area contributed by atoms with Gasteiger partial charge in [-0.2, -0.15) is 9.57 Å². The predicted molar refractivity (Wildman–Crippen MR) is 99.7 cm³/mol.